The van der Waals surface area contributed by atoms with Crippen LogP contribution in [0.5, 0.6) is 0 Å². The molecule has 0 aliphatic heterocycles. The van der Waals surface area contributed by atoms with Crippen LogP contribution in [0.3, 0.4) is 0 Å². The van der Waals surface area contributed by atoms with Crippen LogP contribution in [0.1, 0.15) is 17.4 Å². The summed E-state index contributed by atoms with van der Waals surface area (Å²) >= 11 is 3.61. The Hall–Kier alpha value is -5.68. The summed E-state index contributed by atoms with van der Waals surface area (Å²) < 4.78 is 3.83. The number of nitrogens with zero attached hydrogens (tertiary/aromatic N) is 2. The Balaban J connectivity index is 1.02. The van der Waals surface area contributed by atoms with E-state index in [0.29, 0.717) is 0 Å². The number of fused-ring (bicyclic) bond motifs is 5. The second kappa shape index (κ2) is 12.1. The maximum absolute atomic E-state index is 4.95. The van der Waals surface area contributed by atoms with Crippen molar-refractivity contribution in [2.75, 3.05) is 0 Å². The maximum atomic E-state index is 4.95. The van der Waals surface area contributed by atoms with Crippen LogP contribution in [-0.2, 0) is 0 Å². The van der Waals surface area contributed by atoms with Crippen LogP contribution >= 0.6 is 22.7 Å². The molecule has 0 bridgehead atoms. The van der Waals surface area contributed by atoms with E-state index < -0.39 is 0 Å². The van der Waals surface area contributed by atoms with Crippen LogP contribution in [0.2, 0.25) is 0 Å². The topological polar surface area (TPSA) is 25.8 Å². The summed E-state index contributed by atoms with van der Waals surface area (Å²) in [7, 11) is 0. The van der Waals surface area contributed by atoms with Crippen molar-refractivity contribution in [3.8, 4) is 44.8 Å². The van der Waals surface area contributed by atoms with Gasteiger partial charge in [0, 0.05) is 69.8 Å². The summed E-state index contributed by atoms with van der Waals surface area (Å²) in [4.78, 5) is 11.1. The van der Waals surface area contributed by atoms with E-state index in [4.69, 9.17) is 9.97 Å². The zero-order chi connectivity index (χ0) is 32.9. The van der Waals surface area contributed by atoms with E-state index >= 15 is 0 Å². The lowest BCUT2D eigenvalue weighted by molar-refractivity contribution is 1.33. The molecule has 9 rings (SSSR count). The molecule has 4 heteroatoms. The van der Waals surface area contributed by atoms with Gasteiger partial charge in [0.05, 0.1) is 11.4 Å². The third-order valence-corrected chi connectivity index (χ3v) is 11.8. The van der Waals surface area contributed by atoms with Crippen molar-refractivity contribution in [3.05, 3.63) is 157 Å². The van der Waals surface area contributed by atoms with Crippen LogP contribution in [0.25, 0.3) is 98.0 Å². The maximum Gasteiger partial charge on any atom is 0.0716 e. The molecule has 5 aromatic carbocycles. The van der Waals surface area contributed by atoms with Gasteiger partial charge in [-0.15, -0.1) is 22.7 Å². The predicted molar refractivity (Wildman–Crippen MR) is 214 cm³/mol. The van der Waals surface area contributed by atoms with E-state index in [-0.39, 0.29) is 0 Å². The molecule has 0 saturated carbocycles. The average Bonchev–Trinajstić information content (AvgIpc) is 3.73. The molecule has 4 heterocycles. The highest BCUT2D eigenvalue weighted by Crippen LogP contribution is 2.41. The SMILES string of the molecule is C=Cc1sc2c(-c3ccc(-c4ccc5ccc(-c6ccc(-c7cccc8c7sc7ccccc78)nc6)cc5c4)cn3)cccc2c1/C=C\C. The van der Waals surface area contributed by atoms with Gasteiger partial charge in [-0.1, -0.05) is 116 Å². The first-order valence-electron chi connectivity index (χ1n) is 16.4. The predicted octanol–water partition coefficient (Wildman–Crippen LogP) is 13.6. The summed E-state index contributed by atoms with van der Waals surface area (Å²) in [6.45, 7) is 6.10. The molecule has 0 aliphatic carbocycles. The first kappa shape index (κ1) is 29.5. The van der Waals surface area contributed by atoms with Crippen LogP contribution in [0.4, 0.5) is 0 Å². The minimum absolute atomic E-state index is 0.973. The third-order valence-electron chi connectivity index (χ3n) is 9.29. The van der Waals surface area contributed by atoms with Crippen LogP contribution in [0.15, 0.2) is 146 Å². The summed E-state index contributed by atoms with van der Waals surface area (Å²) in [6, 6.07) is 43.6. The van der Waals surface area contributed by atoms with E-state index in [1.54, 1.807) is 11.3 Å². The molecule has 0 radical (unpaired) electrons. The summed E-state index contributed by atoms with van der Waals surface area (Å²) in [5, 5.41) is 6.23. The highest BCUT2D eigenvalue weighted by Gasteiger charge is 2.14. The Kier molecular flexibility index (Phi) is 7.27. The summed E-state index contributed by atoms with van der Waals surface area (Å²) in [5.41, 5.74) is 10.0. The number of benzene rings is 5. The van der Waals surface area contributed by atoms with Gasteiger partial charge < -0.3 is 0 Å². The number of hydrogen-bond donors (Lipinski definition) is 0. The molecule has 0 amide bonds. The number of aromatic nitrogens is 2. The molecule has 0 N–H and O–H groups in total. The Morgan fingerprint density at radius 1 is 0.551 bits per heavy atom. The lowest BCUT2D eigenvalue weighted by atomic mass is 9.98. The van der Waals surface area contributed by atoms with Crippen molar-refractivity contribution in [2.24, 2.45) is 0 Å². The fraction of sp³-hybridized carbons (Fsp3) is 0.0222. The molecule has 2 nitrogen and oxygen atoms in total. The summed E-state index contributed by atoms with van der Waals surface area (Å²) in [6.07, 6.45) is 10.2. The van der Waals surface area contributed by atoms with Gasteiger partial charge >= 0.3 is 0 Å². The second-order valence-electron chi connectivity index (χ2n) is 12.2. The first-order valence-corrected chi connectivity index (χ1v) is 18.0. The molecular weight excluding hydrogens is 633 g/mol. The molecule has 0 saturated heterocycles. The molecule has 0 spiro atoms. The van der Waals surface area contributed by atoms with Gasteiger partial charge in [0.2, 0.25) is 0 Å². The zero-order valence-corrected chi connectivity index (χ0v) is 28.5. The number of rotatable bonds is 6. The molecular formula is C45H30N2S2. The van der Waals surface area contributed by atoms with Crippen LogP contribution in [0, 0.1) is 0 Å². The molecule has 232 valence electrons. The van der Waals surface area contributed by atoms with E-state index in [9.17, 15) is 0 Å². The molecule has 9 aromatic rings. The lowest BCUT2D eigenvalue weighted by Gasteiger charge is -2.09. The fourth-order valence-corrected chi connectivity index (χ4v) is 9.24. The Morgan fingerprint density at radius 3 is 1.76 bits per heavy atom. The van der Waals surface area contributed by atoms with Gasteiger partial charge in [0.1, 0.15) is 0 Å². The van der Waals surface area contributed by atoms with Crippen molar-refractivity contribution in [2.45, 2.75) is 6.92 Å². The highest BCUT2D eigenvalue weighted by molar-refractivity contribution is 7.26. The zero-order valence-electron chi connectivity index (χ0n) is 26.9. The van der Waals surface area contributed by atoms with Gasteiger partial charge in [-0.25, -0.2) is 0 Å². The van der Waals surface area contributed by atoms with Crippen molar-refractivity contribution in [1.82, 2.24) is 9.97 Å². The Labute approximate surface area is 293 Å². The Bertz CT molecular complexity index is 2730. The first-order chi connectivity index (χ1) is 24.2. The van der Waals surface area contributed by atoms with Crippen LogP contribution < -0.4 is 0 Å². The highest BCUT2D eigenvalue weighted by atomic mass is 32.1. The van der Waals surface area contributed by atoms with Gasteiger partial charge in [0.25, 0.3) is 0 Å². The number of allylic oxidation sites excluding steroid dienone is 1. The lowest BCUT2D eigenvalue weighted by Crippen LogP contribution is -1.87. The Morgan fingerprint density at radius 2 is 1.14 bits per heavy atom. The quantitative estimate of drug-likeness (QED) is 0.177. The molecule has 0 atom stereocenters. The van der Waals surface area contributed by atoms with Crippen molar-refractivity contribution in [3.63, 3.8) is 0 Å². The number of pyridine rings is 2. The number of thiophene rings is 2. The minimum Gasteiger partial charge on any atom is -0.256 e. The van der Waals surface area contributed by atoms with Crippen molar-refractivity contribution in [1.29, 1.82) is 0 Å². The summed E-state index contributed by atoms with van der Waals surface area (Å²) in [5.74, 6) is 0. The number of hydrogen-bond acceptors (Lipinski definition) is 4. The minimum atomic E-state index is 0.973. The van der Waals surface area contributed by atoms with Gasteiger partial charge in [-0.3, -0.25) is 9.97 Å². The monoisotopic (exact) mass is 662 g/mol. The van der Waals surface area contributed by atoms with Gasteiger partial charge in [-0.05, 0) is 64.7 Å². The molecule has 4 aromatic heterocycles. The largest absolute Gasteiger partial charge is 0.256 e. The third kappa shape index (κ3) is 5.08. The van der Waals surface area contributed by atoms with Crippen LogP contribution in [-0.4, -0.2) is 9.97 Å². The standard InChI is InChI=1S/C45H30N2S2/c1-3-9-34-36-11-7-13-38(44(36)48-42(34)4-2)40-22-20-31(26-46-40)29-18-16-28-17-19-30(25-33(28)24-29)32-21-23-41(47-27-32)39-14-8-12-37-35-10-5-6-15-43(35)49-45(37)39/h3-27H,2H2,1H3/b9-3-. The van der Waals surface area contributed by atoms with Gasteiger partial charge in [-0.2, -0.15) is 0 Å². The molecule has 49 heavy (non-hydrogen) atoms. The van der Waals surface area contributed by atoms with E-state index in [2.05, 4.69) is 147 Å². The van der Waals surface area contributed by atoms with E-state index in [1.165, 1.54) is 57.0 Å². The molecule has 0 fully saturated rings. The molecule has 0 unspecified atom stereocenters. The average molecular weight is 663 g/mol. The molecule has 0 aliphatic rings. The smallest absolute Gasteiger partial charge is 0.0716 e. The normalized spacial score (nSPS) is 11.8. The van der Waals surface area contributed by atoms with Crippen molar-refractivity contribution >= 4 is 75.9 Å². The van der Waals surface area contributed by atoms with E-state index in [1.807, 2.05) is 29.8 Å². The van der Waals surface area contributed by atoms with Crippen molar-refractivity contribution < 1.29 is 0 Å². The fourth-order valence-electron chi connectivity index (χ4n) is 6.85. The van der Waals surface area contributed by atoms with E-state index in [0.717, 1.165) is 39.2 Å². The van der Waals surface area contributed by atoms with Gasteiger partial charge in [0.15, 0.2) is 0 Å². The second-order valence-corrected chi connectivity index (χ2v) is 14.3.